The van der Waals surface area contributed by atoms with Crippen molar-refractivity contribution in [3.8, 4) is 22.7 Å². The highest BCUT2D eigenvalue weighted by Crippen LogP contribution is 2.26. The summed E-state index contributed by atoms with van der Waals surface area (Å²) in [7, 11) is 0. The van der Waals surface area contributed by atoms with Gasteiger partial charge >= 0.3 is 6.43 Å². The summed E-state index contributed by atoms with van der Waals surface area (Å²) >= 11 is 0. The second-order valence-corrected chi connectivity index (χ2v) is 8.63. The number of alkyl halides is 2. The third kappa shape index (κ3) is 5.32. The molecule has 12 heteroatoms. The van der Waals surface area contributed by atoms with Gasteiger partial charge in [-0.25, -0.2) is 9.07 Å². The van der Waals surface area contributed by atoms with Crippen molar-refractivity contribution in [3.63, 3.8) is 0 Å². The van der Waals surface area contributed by atoms with Gasteiger partial charge in [0.1, 0.15) is 11.5 Å². The van der Waals surface area contributed by atoms with E-state index >= 15 is 0 Å². The zero-order valence-electron chi connectivity index (χ0n) is 20.0. The molecule has 1 amide bonds. The highest BCUT2D eigenvalue weighted by Gasteiger charge is 2.21. The number of aromatic nitrogens is 5. The quantitative estimate of drug-likeness (QED) is 0.368. The van der Waals surface area contributed by atoms with Gasteiger partial charge in [-0.05, 0) is 24.3 Å². The van der Waals surface area contributed by atoms with Gasteiger partial charge < -0.3 is 14.2 Å². The number of benzene rings is 2. The summed E-state index contributed by atoms with van der Waals surface area (Å²) in [6.07, 6.45) is -0.647. The normalized spacial score (nSPS) is 14.0. The van der Waals surface area contributed by atoms with Gasteiger partial charge in [0.2, 0.25) is 11.8 Å². The lowest BCUT2D eigenvalue weighted by Crippen LogP contribution is -2.48. The maximum absolute atomic E-state index is 14.7. The predicted octanol–water partition coefficient (Wildman–Crippen LogP) is 4.18. The van der Waals surface area contributed by atoms with E-state index in [0.717, 1.165) is 30.4 Å². The summed E-state index contributed by atoms with van der Waals surface area (Å²) in [4.78, 5) is 16.1. The minimum Gasteiger partial charge on any atom is -0.415 e. The van der Waals surface area contributed by atoms with E-state index in [1.54, 1.807) is 6.20 Å². The van der Waals surface area contributed by atoms with Crippen LogP contribution in [0.4, 0.5) is 18.9 Å². The second-order valence-electron chi connectivity index (χ2n) is 8.63. The molecule has 0 atom stereocenters. The van der Waals surface area contributed by atoms with Crippen molar-refractivity contribution >= 4 is 11.6 Å². The third-order valence-corrected chi connectivity index (χ3v) is 6.24. The molecule has 37 heavy (non-hydrogen) atoms. The maximum atomic E-state index is 14.7. The van der Waals surface area contributed by atoms with E-state index < -0.39 is 18.1 Å². The summed E-state index contributed by atoms with van der Waals surface area (Å²) in [6.45, 7) is 4.89. The van der Waals surface area contributed by atoms with Crippen molar-refractivity contribution in [2.75, 3.05) is 31.1 Å². The molecule has 192 valence electrons. The Kier molecular flexibility index (Phi) is 6.89. The highest BCUT2D eigenvalue weighted by molar-refractivity contribution is 5.76. The molecule has 1 saturated heterocycles. The molecule has 3 heterocycles. The number of halogens is 3. The van der Waals surface area contributed by atoms with Crippen molar-refractivity contribution in [3.05, 3.63) is 65.9 Å². The summed E-state index contributed by atoms with van der Waals surface area (Å²) < 4.78 is 46.5. The van der Waals surface area contributed by atoms with Crippen molar-refractivity contribution in [1.29, 1.82) is 0 Å². The predicted molar refractivity (Wildman–Crippen MR) is 128 cm³/mol. The monoisotopic (exact) mass is 511 g/mol. The van der Waals surface area contributed by atoms with Gasteiger partial charge in [-0.15, -0.1) is 15.3 Å². The van der Waals surface area contributed by atoms with E-state index in [9.17, 15) is 18.0 Å². The lowest BCUT2D eigenvalue weighted by atomic mass is 10.1. The molecular weight excluding hydrogens is 487 g/mol. The van der Waals surface area contributed by atoms with Crippen LogP contribution in [-0.4, -0.2) is 62.2 Å². The Bertz CT molecular complexity index is 1400. The van der Waals surface area contributed by atoms with Gasteiger partial charge in [-0.2, -0.15) is 8.78 Å². The van der Waals surface area contributed by atoms with Crippen molar-refractivity contribution in [2.24, 2.45) is 0 Å². The van der Waals surface area contributed by atoms with Crippen LogP contribution in [0.5, 0.6) is 0 Å². The van der Waals surface area contributed by atoms with Gasteiger partial charge in [0.15, 0.2) is 0 Å². The number of hydrogen-bond acceptors (Lipinski definition) is 7. The Balaban J connectivity index is 1.27. The number of carbonyl (C=O) groups is 1. The molecular formula is C25H24F3N7O2. The fourth-order valence-electron chi connectivity index (χ4n) is 4.23. The van der Waals surface area contributed by atoms with Crippen molar-refractivity contribution in [2.45, 2.75) is 26.3 Å². The summed E-state index contributed by atoms with van der Waals surface area (Å²) in [5.41, 5.74) is 3.09. The first-order valence-corrected chi connectivity index (χ1v) is 11.8. The summed E-state index contributed by atoms with van der Waals surface area (Å²) in [6, 6.07) is 12.1. The maximum Gasteiger partial charge on any atom is 0.314 e. The fourth-order valence-corrected chi connectivity index (χ4v) is 4.23. The lowest BCUT2D eigenvalue weighted by Gasteiger charge is -2.36. The molecule has 0 spiro atoms. The molecule has 1 fully saturated rings. The molecule has 0 aliphatic carbocycles. The SMILES string of the molecule is CCC(=O)N1CCN(c2cccc(-c3cn(Cc4ccc(-c5nnc(C(F)F)o5)cc4F)nn3)c2)CC1. The summed E-state index contributed by atoms with van der Waals surface area (Å²) in [5.74, 6) is -1.38. The number of hydrogen-bond donors (Lipinski definition) is 0. The number of carbonyl (C=O) groups excluding carboxylic acids is 1. The van der Waals surface area contributed by atoms with E-state index in [4.69, 9.17) is 4.42 Å². The molecule has 4 aromatic rings. The van der Waals surface area contributed by atoms with E-state index in [2.05, 4.69) is 25.4 Å². The minimum atomic E-state index is -2.89. The van der Waals surface area contributed by atoms with Crippen LogP contribution in [0.2, 0.25) is 0 Å². The molecule has 2 aromatic heterocycles. The van der Waals surface area contributed by atoms with Crippen molar-refractivity contribution in [1.82, 2.24) is 30.1 Å². The Hall–Kier alpha value is -4.22. The molecule has 0 radical (unpaired) electrons. The zero-order chi connectivity index (χ0) is 25.9. The first kappa shape index (κ1) is 24.5. The molecule has 0 N–H and O–H groups in total. The number of nitrogens with zero attached hydrogens (tertiary/aromatic N) is 7. The standard InChI is InChI=1S/C25H24F3N7O2/c1-2-22(36)34-10-8-33(9-11-34)19-5-3-4-16(12-19)21-15-35(32-29-21)14-18-7-6-17(13-20(18)26)24-30-31-25(37-24)23(27)28/h3-7,12-13,15,23H,2,8-11,14H2,1H3. The number of anilines is 1. The van der Waals surface area contributed by atoms with Gasteiger partial charge in [-0.1, -0.05) is 30.3 Å². The van der Waals surface area contributed by atoms with Crippen LogP contribution in [0.1, 0.15) is 31.2 Å². The fraction of sp³-hybridized carbons (Fsp3) is 0.320. The smallest absolute Gasteiger partial charge is 0.314 e. The Labute approximate surface area is 210 Å². The molecule has 1 aliphatic heterocycles. The minimum absolute atomic E-state index is 0.123. The van der Waals surface area contributed by atoms with Gasteiger partial charge in [-0.3, -0.25) is 4.79 Å². The van der Waals surface area contributed by atoms with Crippen LogP contribution >= 0.6 is 0 Å². The lowest BCUT2D eigenvalue weighted by molar-refractivity contribution is -0.131. The van der Waals surface area contributed by atoms with Crippen molar-refractivity contribution < 1.29 is 22.4 Å². The number of amides is 1. The van der Waals surface area contributed by atoms with E-state index in [1.165, 1.54) is 16.8 Å². The molecule has 0 bridgehead atoms. The van der Waals surface area contributed by atoms with Crippen LogP contribution in [-0.2, 0) is 11.3 Å². The van der Waals surface area contributed by atoms with Crippen LogP contribution in [0.15, 0.2) is 53.1 Å². The Morgan fingerprint density at radius 2 is 1.84 bits per heavy atom. The van der Waals surface area contributed by atoms with Gasteiger partial charge in [0, 0.05) is 55.0 Å². The highest BCUT2D eigenvalue weighted by atomic mass is 19.3. The van der Waals surface area contributed by atoms with Crippen LogP contribution in [0, 0.1) is 5.82 Å². The molecule has 0 saturated carbocycles. The van der Waals surface area contributed by atoms with E-state index in [1.807, 2.05) is 36.1 Å². The number of rotatable bonds is 7. The molecule has 9 nitrogen and oxygen atoms in total. The molecule has 5 rings (SSSR count). The van der Waals surface area contributed by atoms with Crippen LogP contribution in [0.25, 0.3) is 22.7 Å². The van der Waals surface area contributed by atoms with Gasteiger partial charge in [0.25, 0.3) is 5.89 Å². The van der Waals surface area contributed by atoms with Gasteiger partial charge in [0.05, 0.1) is 12.7 Å². The average molecular weight is 512 g/mol. The molecule has 0 unspecified atom stereocenters. The third-order valence-electron chi connectivity index (χ3n) is 6.24. The Morgan fingerprint density at radius 1 is 1.03 bits per heavy atom. The van der Waals surface area contributed by atoms with E-state index in [-0.39, 0.29) is 23.9 Å². The Morgan fingerprint density at radius 3 is 2.54 bits per heavy atom. The van der Waals surface area contributed by atoms with E-state index in [0.29, 0.717) is 30.8 Å². The average Bonchev–Trinajstić information content (AvgIpc) is 3.60. The molecule has 1 aliphatic rings. The van der Waals surface area contributed by atoms with Crippen LogP contribution in [0.3, 0.4) is 0 Å². The second kappa shape index (κ2) is 10.4. The topological polar surface area (TPSA) is 93.2 Å². The first-order chi connectivity index (χ1) is 17.9. The van der Waals surface area contributed by atoms with Crippen LogP contribution < -0.4 is 4.90 Å². The molecule has 2 aromatic carbocycles. The largest absolute Gasteiger partial charge is 0.415 e. The first-order valence-electron chi connectivity index (χ1n) is 11.8. The number of piperazine rings is 1. The summed E-state index contributed by atoms with van der Waals surface area (Å²) in [5, 5.41) is 15.2. The zero-order valence-corrected chi connectivity index (χ0v) is 20.0.